The van der Waals surface area contributed by atoms with Crippen molar-refractivity contribution in [3.63, 3.8) is 0 Å². The molecule has 78 valence electrons. The van der Waals surface area contributed by atoms with Gasteiger partial charge in [-0.25, -0.2) is 0 Å². The van der Waals surface area contributed by atoms with Gasteiger partial charge in [0.1, 0.15) is 0 Å². The van der Waals surface area contributed by atoms with Gasteiger partial charge in [0, 0.05) is 12.6 Å². The highest BCUT2D eigenvalue weighted by atomic mass is 16.2. The molecule has 0 aromatic carbocycles. The molecule has 0 rings (SSSR count). The Labute approximate surface area is 81.3 Å². The Balaban J connectivity index is 4.19. The fourth-order valence-electron chi connectivity index (χ4n) is 1.42. The van der Waals surface area contributed by atoms with Gasteiger partial charge in [0.15, 0.2) is 0 Å². The second-order valence-corrected chi connectivity index (χ2v) is 3.61. The Morgan fingerprint density at radius 1 is 1.38 bits per heavy atom. The molecule has 0 bridgehead atoms. The molecule has 0 aliphatic carbocycles. The van der Waals surface area contributed by atoms with Crippen molar-refractivity contribution in [1.29, 1.82) is 0 Å². The number of rotatable bonds is 5. The lowest BCUT2D eigenvalue weighted by molar-refractivity contribution is -0.134. The van der Waals surface area contributed by atoms with E-state index < -0.39 is 0 Å². The van der Waals surface area contributed by atoms with Crippen molar-refractivity contribution in [2.24, 2.45) is 5.73 Å². The van der Waals surface area contributed by atoms with Gasteiger partial charge >= 0.3 is 0 Å². The summed E-state index contributed by atoms with van der Waals surface area (Å²) in [5, 5.41) is 0. The van der Waals surface area contributed by atoms with Gasteiger partial charge in [-0.3, -0.25) is 4.79 Å². The third-order valence-corrected chi connectivity index (χ3v) is 2.16. The van der Waals surface area contributed by atoms with Gasteiger partial charge in [-0.15, -0.1) is 0 Å². The Kier molecular flexibility index (Phi) is 5.71. The summed E-state index contributed by atoms with van der Waals surface area (Å²) in [6.07, 6.45) is 1.74. The quantitative estimate of drug-likeness (QED) is 0.705. The van der Waals surface area contributed by atoms with E-state index in [9.17, 15) is 4.79 Å². The smallest absolute Gasteiger partial charge is 0.239 e. The van der Waals surface area contributed by atoms with E-state index >= 15 is 0 Å². The molecular formula is C10H22N2O. The summed E-state index contributed by atoms with van der Waals surface area (Å²) in [5.41, 5.74) is 5.75. The summed E-state index contributed by atoms with van der Waals surface area (Å²) in [6, 6.07) is -0.0623. The van der Waals surface area contributed by atoms with Crippen LogP contribution in [0.15, 0.2) is 0 Å². The van der Waals surface area contributed by atoms with Crippen LogP contribution in [0.4, 0.5) is 0 Å². The second kappa shape index (κ2) is 5.97. The van der Waals surface area contributed by atoms with Gasteiger partial charge in [0.05, 0.1) is 6.04 Å². The summed E-state index contributed by atoms with van der Waals surface area (Å²) >= 11 is 0. The molecule has 0 spiro atoms. The van der Waals surface area contributed by atoms with Gasteiger partial charge in [-0.2, -0.15) is 0 Å². The van der Waals surface area contributed by atoms with E-state index in [1.54, 1.807) is 0 Å². The average molecular weight is 186 g/mol. The van der Waals surface area contributed by atoms with Crippen LogP contribution in [0.3, 0.4) is 0 Å². The molecule has 0 aliphatic heterocycles. The molecule has 0 heterocycles. The van der Waals surface area contributed by atoms with Gasteiger partial charge in [-0.1, -0.05) is 13.3 Å². The molecule has 1 atom stereocenters. The third kappa shape index (κ3) is 3.77. The predicted molar refractivity (Wildman–Crippen MR) is 55.4 cm³/mol. The maximum absolute atomic E-state index is 11.7. The maximum Gasteiger partial charge on any atom is 0.239 e. The van der Waals surface area contributed by atoms with Crippen LogP contribution in [0.25, 0.3) is 0 Å². The van der Waals surface area contributed by atoms with Crippen molar-refractivity contribution in [3.05, 3.63) is 0 Å². The number of nitrogens with zero attached hydrogens (tertiary/aromatic N) is 1. The van der Waals surface area contributed by atoms with E-state index in [1.807, 2.05) is 32.6 Å². The number of amides is 1. The highest BCUT2D eigenvalue weighted by molar-refractivity contribution is 5.81. The normalized spacial score (nSPS) is 13.1. The molecule has 13 heavy (non-hydrogen) atoms. The first kappa shape index (κ1) is 12.4. The molecule has 0 aromatic rings. The highest BCUT2D eigenvalue weighted by Crippen LogP contribution is 2.04. The lowest BCUT2D eigenvalue weighted by atomic mass is 10.1. The molecule has 2 N–H and O–H groups in total. The first-order valence-corrected chi connectivity index (χ1v) is 5.10. The molecular weight excluding hydrogens is 164 g/mol. The lowest BCUT2D eigenvalue weighted by Gasteiger charge is -2.27. The second-order valence-electron chi connectivity index (χ2n) is 3.61. The molecule has 0 aliphatic rings. The number of hydrogen-bond acceptors (Lipinski definition) is 2. The Bertz CT molecular complexity index is 157. The van der Waals surface area contributed by atoms with Gasteiger partial charge in [0.25, 0.3) is 0 Å². The summed E-state index contributed by atoms with van der Waals surface area (Å²) in [6.45, 7) is 8.80. The highest BCUT2D eigenvalue weighted by Gasteiger charge is 2.20. The van der Waals surface area contributed by atoms with Crippen LogP contribution in [0.2, 0.25) is 0 Å². The summed E-state index contributed by atoms with van der Waals surface area (Å²) in [7, 11) is 0. The zero-order valence-electron chi connectivity index (χ0n) is 9.21. The molecule has 3 heteroatoms. The number of carbonyl (C=O) groups excluding carboxylic acids is 1. The van der Waals surface area contributed by atoms with E-state index in [1.165, 1.54) is 0 Å². The van der Waals surface area contributed by atoms with Gasteiger partial charge in [0.2, 0.25) is 5.91 Å². The molecule has 0 fully saturated rings. The molecule has 0 radical (unpaired) electrons. The average Bonchev–Trinajstić information content (AvgIpc) is 2.05. The van der Waals surface area contributed by atoms with Crippen molar-refractivity contribution in [1.82, 2.24) is 4.90 Å². The minimum Gasteiger partial charge on any atom is -0.339 e. The fraction of sp³-hybridized carbons (Fsp3) is 0.900. The van der Waals surface area contributed by atoms with E-state index in [4.69, 9.17) is 5.73 Å². The number of nitrogens with two attached hydrogens (primary N) is 1. The topological polar surface area (TPSA) is 46.3 Å². The number of likely N-dealkylation sites (N-methyl/N-ethyl adjacent to an activating group) is 1. The molecule has 0 aromatic heterocycles. The van der Waals surface area contributed by atoms with Crippen LogP contribution in [-0.4, -0.2) is 29.4 Å². The fourth-order valence-corrected chi connectivity index (χ4v) is 1.42. The van der Waals surface area contributed by atoms with Crippen LogP contribution in [0, 0.1) is 0 Å². The van der Waals surface area contributed by atoms with Gasteiger partial charge < -0.3 is 10.6 Å². The van der Waals surface area contributed by atoms with Crippen molar-refractivity contribution in [2.75, 3.05) is 6.54 Å². The Morgan fingerprint density at radius 2 is 1.92 bits per heavy atom. The van der Waals surface area contributed by atoms with E-state index in [2.05, 4.69) is 0 Å². The van der Waals surface area contributed by atoms with E-state index in [0.29, 0.717) is 0 Å². The minimum atomic E-state index is -0.313. The van der Waals surface area contributed by atoms with Crippen LogP contribution in [-0.2, 0) is 4.79 Å². The molecule has 0 unspecified atom stereocenters. The predicted octanol–water partition coefficient (Wildman–Crippen LogP) is 1.37. The molecule has 0 saturated carbocycles. The number of carbonyl (C=O) groups is 1. The largest absolute Gasteiger partial charge is 0.339 e. The molecule has 3 nitrogen and oxygen atoms in total. The maximum atomic E-state index is 11.7. The number of hydrogen-bond donors (Lipinski definition) is 1. The van der Waals surface area contributed by atoms with Crippen LogP contribution >= 0.6 is 0 Å². The van der Waals surface area contributed by atoms with E-state index in [-0.39, 0.29) is 18.0 Å². The van der Waals surface area contributed by atoms with Crippen LogP contribution in [0.5, 0.6) is 0 Å². The Morgan fingerprint density at radius 3 is 2.23 bits per heavy atom. The first-order valence-electron chi connectivity index (χ1n) is 5.10. The van der Waals surface area contributed by atoms with Crippen molar-refractivity contribution >= 4 is 5.91 Å². The van der Waals surface area contributed by atoms with Crippen molar-refractivity contribution in [2.45, 2.75) is 52.6 Å². The third-order valence-electron chi connectivity index (χ3n) is 2.16. The lowest BCUT2D eigenvalue weighted by Crippen LogP contribution is -2.46. The Hall–Kier alpha value is -0.570. The molecule has 1 amide bonds. The van der Waals surface area contributed by atoms with Crippen molar-refractivity contribution in [3.8, 4) is 0 Å². The van der Waals surface area contributed by atoms with E-state index in [0.717, 1.165) is 19.4 Å². The van der Waals surface area contributed by atoms with Crippen molar-refractivity contribution < 1.29 is 4.79 Å². The van der Waals surface area contributed by atoms with Crippen LogP contribution in [0.1, 0.15) is 40.5 Å². The minimum absolute atomic E-state index is 0.0827. The zero-order chi connectivity index (χ0) is 10.4. The standard InChI is InChI=1S/C10H22N2O/c1-5-7-9(11)10(13)12(6-2)8(3)4/h8-9H,5-7,11H2,1-4H3/t9-/m1/s1. The SMILES string of the molecule is CCC[C@@H](N)C(=O)N(CC)C(C)C. The van der Waals surface area contributed by atoms with Crippen LogP contribution < -0.4 is 5.73 Å². The monoisotopic (exact) mass is 186 g/mol. The van der Waals surface area contributed by atoms with Gasteiger partial charge in [-0.05, 0) is 27.2 Å². The summed E-state index contributed by atoms with van der Waals surface area (Å²) in [5.74, 6) is 0.0827. The first-order chi connectivity index (χ1) is 6.04. The molecule has 0 saturated heterocycles. The summed E-state index contributed by atoms with van der Waals surface area (Å²) in [4.78, 5) is 13.5. The zero-order valence-corrected chi connectivity index (χ0v) is 9.21. The summed E-state index contributed by atoms with van der Waals surface area (Å²) < 4.78 is 0.